The lowest BCUT2D eigenvalue weighted by Crippen LogP contribution is -2.22. The summed E-state index contributed by atoms with van der Waals surface area (Å²) >= 11 is 0.960. The van der Waals surface area contributed by atoms with E-state index in [1.807, 2.05) is 66.1 Å². The summed E-state index contributed by atoms with van der Waals surface area (Å²) in [6.07, 6.45) is 1.87. The van der Waals surface area contributed by atoms with E-state index in [9.17, 15) is 4.79 Å². The number of fused-ring (bicyclic) bond motifs is 1. The van der Waals surface area contributed by atoms with E-state index in [1.165, 1.54) is 0 Å². The van der Waals surface area contributed by atoms with E-state index in [-0.39, 0.29) is 5.91 Å². The number of nitriles is 1. The molecule has 2 aromatic rings. The van der Waals surface area contributed by atoms with Crippen LogP contribution in [-0.2, 0) is 4.79 Å². The van der Waals surface area contributed by atoms with Crippen molar-refractivity contribution in [3.63, 3.8) is 0 Å². The number of hydrogen-bond donors (Lipinski definition) is 1. The molecular formula is C17H12N2OS. The molecule has 102 valence electrons. The number of carbonyl (C=O) groups is 1. The van der Waals surface area contributed by atoms with Crippen LogP contribution in [0.1, 0.15) is 11.1 Å². The number of thioether (sulfide) groups is 1. The molecule has 1 heterocycles. The lowest BCUT2D eigenvalue weighted by Gasteiger charge is -2.10. The number of rotatable bonds is 2. The molecule has 0 spiro atoms. The number of para-hydroxylation sites is 1. The highest BCUT2D eigenvalue weighted by molar-refractivity contribution is 8.05. The van der Waals surface area contributed by atoms with Crippen molar-refractivity contribution in [1.29, 1.82) is 5.26 Å². The maximum Gasteiger partial charge on any atom is 0.242 e. The lowest BCUT2D eigenvalue weighted by molar-refractivity contribution is -0.115. The Morgan fingerprint density at radius 2 is 1.76 bits per heavy atom. The van der Waals surface area contributed by atoms with Crippen LogP contribution in [0.5, 0.6) is 0 Å². The zero-order valence-corrected chi connectivity index (χ0v) is 11.9. The summed E-state index contributed by atoms with van der Waals surface area (Å²) in [5, 5.41) is 13.3. The SMILES string of the molecule is N#CSC1C=C(c2ccccc2)c2ccccc2NC1=O. The van der Waals surface area contributed by atoms with Crippen molar-refractivity contribution < 1.29 is 4.79 Å². The molecule has 3 rings (SSSR count). The van der Waals surface area contributed by atoms with Gasteiger partial charge in [0.2, 0.25) is 5.91 Å². The summed E-state index contributed by atoms with van der Waals surface area (Å²) in [5.41, 5.74) is 3.75. The van der Waals surface area contributed by atoms with Crippen LogP contribution in [0.2, 0.25) is 0 Å². The first-order valence-corrected chi connectivity index (χ1v) is 7.40. The smallest absolute Gasteiger partial charge is 0.242 e. The quantitative estimate of drug-likeness (QED) is 0.860. The van der Waals surface area contributed by atoms with Crippen LogP contribution >= 0.6 is 11.8 Å². The number of amides is 1. The second kappa shape index (κ2) is 5.86. The van der Waals surface area contributed by atoms with Gasteiger partial charge in [0.15, 0.2) is 0 Å². The van der Waals surface area contributed by atoms with Crippen LogP contribution in [0.3, 0.4) is 0 Å². The zero-order chi connectivity index (χ0) is 14.7. The monoisotopic (exact) mass is 292 g/mol. The third-order valence-corrected chi connectivity index (χ3v) is 4.03. The second-order valence-electron chi connectivity index (χ2n) is 4.61. The molecule has 1 amide bonds. The van der Waals surface area contributed by atoms with E-state index in [1.54, 1.807) is 0 Å². The highest BCUT2D eigenvalue weighted by atomic mass is 32.2. The Bertz CT molecular complexity index is 747. The molecule has 1 aliphatic heterocycles. The van der Waals surface area contributed by atoms with Gasteiger partial charge in [-0.05, 0) is 29.0 Å². The number of anilines is 1. The first-order valence-electron chi connectivity index (χ1n) is 6.52. The summed E-state index contributed by atoms with van der Waals surface area (Å²) in [6, 6.07) is 17.6. The van der Waals surface area contributed by atoms with Gasteiger partial charge in [-0.2, -0.15) is 5.26 Å². The molecule has 3 nitrogen and oxygen atoms in total. The van der Waals surface area contributed by atoms with Crippen LogP contribution in [0.4, 0.5) is 5.69 Å². The molecule has 0 saturated heterocycles. The fourth-order valence-corrected chi connectivity index (χ4v) is 2.85. The van der Waals surface area contributed by atoms with Gasteiger partial charge in [-0.3, -0.25) is 4.79 Å². The highest BCUT2D eigenvalue weighted by Gasteiger charge is 2.24. The molecule has 4 heteroatoms. The second-order valence-corrected chi connectivity index (χ2v) is 5.54. The van der Waals surface area contributed by atoms with Crippen molar-refractivity contribution in [1.82, 2.24) is 0 Å². The van der Waals surface area contributed by atoms with Crippen molar-refractivity contribution >= 4 is 28.9 Å². The van der Waals surface area contributed by atoms with Crippen LogP contribution in [0.15, 0.2) is 60.7 Å². The van der Waals surface area contributed by atoms with E-state index < -0.39 is 5.25 Å². The molecule has 21 heavy (non-hydrogen) atoms. The summed E-state index contributed by atoms with van der Waals surface area (Å²) in [4.78, 5) is 12.2. The molecule has 0 aliphatic carbocycles. The van der Waals surface area contributed by atoms with E-state index in [0.29, 0.717) is 0 Å². The number of hydrogen-bond acceptors (Lipinski definition) is 3. The van der Waals surface area contributed by atoms with Gasteiger partial charge in [0.1, 0.15) is 10.7 Å². The fraction of sp³-hybridized carbons (Fsp3) is 0.0588. The van der Waals surface area contributed by atoms with Crippen molar-refractivity contribution in [3.05, 3.63) is 71.8 Å². The third-order valence-electron chi connectivity index (χ3n) is 3.32. The predicted octanol–water partition coefficient (Wildman–Crippen LogP) is 3.65. The topological polar surface area (TPSA) is 52.9 Å². The van der Waals surface area contributed by atoms with Crippen LogP contribution in [0, 0.1) is 10.7 Å². The van der Waals surface area contributed by atoms with E-state index in [0.717, 1.165) is 34.1 Å². The number of benzene rings is 2. The first-order chi connectivity index (χ1) is 10.3. The molecule has 1 atom stereocenters. The number of carbonyl (C=O) groups excluding carboxylic acids is 1. The summed E-state index contributed by atoms with van der Waals surface area (Å²) in [5.74, 6) is -0.167. The first kappa shape index (κ1) is 13.5. The minimum atomic E-state index is -0.516. The standard InChI is InChI=1S/C17H12N2OS/c18-11-21-16-10-14(12-6-2-1-3-7-12)13-8-4-5-9-15(13)19-17(16)20/h1-10,16H,(H,19,20). The normalized spacial score (nSPS) is 17.0. The largest absolute Gasteiger partial charge is 0.324 e. The van der Waals surface area contributed by atoms with Gasteiger partial charge < -0.3 is 5.32 Å². The Hall–Kier alpha value is -2.51. The Labute approximate surface area is 127 Å². The van der Waals surface area contributed by atoms with Crippen molar-refractivity contribution in [2.24, 2.45) is 0 Å². The lowest BCUT2D eigenvalue weighted by atomic mass is 9.96. The number of thiocyanates is 1. The maximum absolute atomic E-state index is 12.2. The van der Waals surface area contributed by atoms with E-state index in [4.69, 9.17) is 5.26 Å². The molecule has 0 bridgehead atoms. The molecule has 0 aromatic heterocycles. The molecule has 0 fully saturated rings. The van der Waals surface area contributed by atoms with Gasteiger partial charge >= 0.3 is 0 Å². The molecular weight excluding hydrogens is 280 g/mol. The van der Waals surface area contributed by atoms with Gasteiger partial charge in [-0.15, -0.1) is 0 Å². The highest BCUT2D eigenvalue weighted by Crippen LogP contribution is 2.34. The van der Waals surface area contributed by atoms with E-state index in [2.05, 4.69) is 5.32 Å². The summed E-state index contributed by atoms with van der Waals surface area (Å²) in [6.45, 7) is 0. The van der Waals surface area contributed by atoms with Crippen LogP contribution in [0.25, 0.3) is 5.57 Å². The minimum Gasteiger partial charge on any atom is -0.324 e. The van der Waals surface area contributed by atoms with Gasteiger partial charge in [0, 0.05) is 11.3 Å². The molecule has 0 saturated carbocycles. The van der Waals surface area contributed by atoms with Gasteiger partial charge in [0.05, 0.1) is 0 Å². The Kier molecular flexibility index (Phi) is 3.76. The van der Waals surface area contributed by atoms with E-state index >= 15 is 0 Å². The fourth-order valence-electron chi connectivity index (χ4n) is 2.36. The Morgan fingerprint density at radius 3 is 2.52 bits per heavy atom. The third kappa shape index (κ3) is 2.69. The van der Waals surface area contributed by atoms with Crippen molar-refractivity contribution in [2.75, 3.05) is 5.32 Å². The average molecular weight is 292 g/mol. The van der Waals surface area contributed by atoms with Gasteiger partial charge in [-0.25, -0.2) is 0 Å². The predicted molar refractivity (Wildman–Crippen MR) is 85.6 cm³/mol. The average Bonchev–Trinajstić information content (AvgIpc) is 2.66. The number of nitrogens with zero attached hydrogens (tertiary/aromatic N) is 1. The van der Waals surface area contributed by atoms with Crippen LogP contribution < -0.4 is 5.32 Å². The molecule has 1 unspecified atom stereocenters. The zero-order valence-electron chi connectivity index (χ0n) is 11.1. The molecule has 2 aromatic carbocycles. The van der Waals surface area contributed by atoms with Gasteiger partial charge in [0.25, 0.3) is 0 Å². The Balaban J connectivity index is 2.18. The Morgan fingerprint density at radius 1 is 1.05 bits per heavy atom. The molecule has 1 N–H and O–H groups in total. The van der Waals surface area contributed by atoms with Crippen molar-refractivity contribution in [3.8, 4) is 5.40 Å². The molecule has 1 aliphatic rings. The maximum atomic E-state index is 12.2. The van der Waals surface area contributed by atoms with Crippen molar-refractivity contribution in [2.45, 2.75) is 5.25 Å². The van der Waals surface area contributed by atoms with Crippen LogP contribution in [-0.4, -0.2) is 11.2 Å². The minimum absolute atomic E-state index is 0.167. The number of nitrogens with one attached hydrogen (secondary N) is 1. The molecule has 0 radical (unpaired) electrons. The summed E-state index contributed by atoms with van der Waals surface area (Å²) < 4.78 is 0. The van der Waals surface area contributed by atoms with Gasteiger partial charge in [-0.1, -0.05) is 54.6 Å². The summed E-state index contributed by atoms with van der Waals surface area (Å²) in [7, 11) is 0.